The highest BCUT2D eigenvalue weighted by molar-refractivity contribution is 6.03. The molecule has 0 spiro atoms. The minimum Gasteiger partial charge on any atom is -0.381 e. The number of hydrogen-bond acceptors (Lipinski definition) is 3. The van der Waals surface area contributed by atoms with Crippen molar-refractivity contribution in [2.45, 2.75) is 52.0 Å². The third kappa shape index (κ3) is 3.94. The molecule has 1 heterocycles. The molecule has 2 N–H and O–H groups in total. The van der Waals surface area contributed by atoms with Gasteiger partial charge in [-0.3, -0.25) is 4.79 Å². The Labute approximate surface area is 143 Å². The quantitative estimate of drug-likeness (QED) is 0.858. The molecule has 1 aromatic carbocycles. The fourth-order valence-electron chi connectivity index (χ4n) is 3.17. The lowest BCUT2D eigenvalue weighted by Crippen LogP contribution is -2.22. The van der Waals surface area contributed by atoms with Gasteiger partial charge in [-0.1, -0.05) is 31.4 Å². The van der Waals surface area contributed by atoms with Crippen LogP contribution in [0.1, 0.15) is 53.7 Å². The van der Waals surface area contributed by atoms with Gasteiger partial charge in [-0.05, 0) is 56.0 Å². The maximum absolute atomic E-state index is 12.4. The lowest BCUT2D eigenvalue weighted by atomic mass is 9.95. The molecule has 1 aliphatic carbocycles. The van der Waals surface area contributed by atoms with Crippen molar-refractivity contribution in [2.75, 3.05) is 10.6 Å². The SMILES string of the molecule is Cc1cccc(NC(=O)c2ccc(NC3CCCCC3)cn2)c1C. The molecular formula is C20H25N3O. The van der Waals surface area contributed by atoms with Gasteiger partial charge < -0.3 is 10.6 Å². The summed E-state index contributed by atoms with van der Waals surface area (Å²) < 4.78 is 0. The van der Waals surface area contributed by atoms with Crippen molar-refractivity contribution in [1.82, 2.24) is 4.98 Å². The number of aryl methyl sites for hydroxylation is 1. The Morgan fingerprint density at radius 1 is 1.08 bits per heavy atom. The van der Waals surface area contributed by atoms with E-state index in [2.05, 4.69) is 15.6 Å². The molecule has 0 saturated heterocycles. The highest BCUT2D eigenvalue weighted by Gasteiger charge is 2.14. The number of aromatic nitrogens is 1. The third-order valence-corrected chi connectivity index (χ3v) is 4.82. The van der Waals surface area contributed by atoms with E-state index >= 15 is 0 Å². The van der Waals surface area contributed by atoms with Gasteiger partial charge in [-0.15, -0.1) is 0 Å². The van der Waals surface area contributed by atoms with Crippen LogP contribution in [0.4, 0.5) is 11.4 Å². The molecule has 1 fully saturated rings. The molecule has 0 unspecified atom stereocenters. The van der Waals surface area contributed by atoms with Crippen molar-refractivity contribution < 1.29 is 4.79 Å². The fourth-order valence-corrected chi connectivity index (χ4v) is 3.17. The first-order valence-corrected chi connectivity index (χ1v) is 8.73. The Balaban J connectivity index is 1.64. The number of nitrogens with zero attached hydrogens (tertiary/aromatic N) is 1. The van der Waals surface area contributed by atoms with E-state index in [4.69, 9.17) is 0 Å². The van der Waals surface area contributed by atoms with Crippen LogP contribution >= 0.6 is 0 Å². The number of benzene rings is 1. The van der Waals surface area contributed by atoms with Crippen LogP contribution in [0.15, 0.2) is 36.5 Å². The zero-order valence-corrected chi connectivity index (χ0v) is 14.4. The van der Waals surface area contributed by atoms with Crippen molar-refractivity contribution in [3.63, 3.8) is 0 Å². The van der Waals surface area contributed by atoms with Gasteiger partial charge in [-0.25, -0.2) is 4.98 Å². The van der Waals surface area contributed by atoms with Crippen LogP contribution in [0.2, 0.25) is 0 Å². The van der Waals surface area contributed by atoms with Crippen LogP contribution in [0.3, 0.4) is 0 Å². The van der Waals surface area contributed by atoms with Crippen LogP contribution in [-0.2, 0) is 0 Å². The van der Waals surface area contributed by atoms with Crippen LogP contribution < -0.4 is 10.6 Å². The van der Waals surface area contributed by atoms with Crippen molar-refractivity contribution in [3.05, 3.63) is 53.3 Å². The van der Waals surface area contributed by atoms with Crippen molar-refractivity contribution in [1.29, 1.82) is 0 Å². The number of hydrogen-bond donors (Lipinski definition) is 2. The molecule has 0 radical (unpaired) electrons. The molecule has 2 aromatic rings. The molecule has 0 atom stereocenters. The third-order valence-electron chi connectivity index (χ3n) is 4.82. The van der Waals surface area contributed by atoms with Gasteiger partial charge >= 0.3 is 0 Å². The summed E-state index contributed by atoms with van der Waals surface area (Å²) in [6.07, 6.45) is 8.12. The van der Waals surface area contributed by atoms with Gasteiger partial charge in [0.25, 0.3) is 5.91 Å². The summed E-state index contributed by atoms with van der Waals surface area (Å²) >= 11 is 0. The summed E-state index contributed by atoms with van der Waals surface area (Å²) in [4.78, 5) is 16.7. The predicted molar refractivity (Wildman–Crippen MR) is 98.6 cm³/mol. The topological polar surface area (TPSA) is 54.0 Å². The summed E-state index contributed by atoms with van der Waals surface area (Å²) in [7, 11) is 0. The van der Waals surface area contributed by atoms with E-state index in [-0.39, 0.29) is 5.91 Å². The average Bonchev–Trinajstić information content (AvgIpc) is 2.60. The van der Waals surface area contributed by atoms with Gasteiger partial charge in [0.1, 0.15) is 5.69 Å². The second-order valence-electron chi connectivity index (χ2n) is 6.61. The van der Waals surface area contributed by atoms with Crippen molar-refractivity contribution >= 4 is 17.3 Å². The number of rotatable bonds is 4. The first-order chi connectivity index (χ1) is 11.6. The van der Waals surface area contributed by atoms with Crippen LogP contribution in [0.5, 0.6) is 0 Å². The van der Waals surface area contributed by atoms with E-state index in [0.717, 1.165) is 22.5 Å². The van der Waals surface area contributed by atoms with Gasteiger partial charge in [0.15, 0.2) is 0 Å². The fraction of sp³-hybridized carbons (Fsp3) is 0.400. The Kier molecular flexibility index (Phi) is 5.14. The van der Waals surface area contributed by atoms with Gasteiger partial charge in [0, 0.05) is 11.7 Å². The smallest absolute Gasteiger partial charge is 0.274 e. The Morgan fingerprint density at radius 2 is 1.88 bits per heavy atom. The minimum absolute atomic E-state index is 0.173. The highest BCUT2D eigenvalue weighted by atomic mass is 16.1. The highest BCUT2D eigenvalue weighted by Crippen LogP contribution is 2.22. The molecule has 1 saturated carbocycles. The molecule has 1 aromatic heterocycles. The number of nitrogens with one attached hydrogen (secondary N) is 2. The molecule has 3 rings (SSSR count). The van der Waals surface area contributed by atoms with Crippen molar-refractivity contribution in [2.24, 2.45) is 0 Å². The van der Waals surface area contributed by atoms with E-state index in [9.17, 15) is 4.79 Å². The van der Waals surface area contributed by atoms with Crippen LogP contribution in [0, 0.1) is 13.8 Å². The van der Waals surface area contributed by atoms with Crippen molar-refractivity contribution in [3.8, 4) is 0 Å². The summed E-state index contributed by atoms with van der Waals surface area (Å²) in [5.74, 6) is -0.173. The average molecular weight is 323 g/mol. The number of anilines is 2. The molecule has 24 heavy (non-hydrogen) atoms. The first kappa shape index (κ1) is 16.5. The minimum atomic E-state index is -0.173. The Bertz CT molecular complexity index is 703. The molecule has 4 heteroatoms. The largest absolute Gasteiger partial charge is 0.381 e. The Hall–Kier alpha value is -2.36. The monoisotopic (exact) mass is 323 g/mol. The van der Waals surface area contributed by atoms with Crippen LogP contribution in [-0.4, -0.2) is 16.9 Å². The van der Waals surface area contributed by atoms with Gasteiger partial charge in [0.2, 0.25) is 0 Å². The maximum atomic E-state index is 12.4. The maximum Gasteiger partial charge on any atom is 0.274 e. The molecule has 4 nitrogen and oxygen atoms in total. The second kappa shape index (κ2) is 7.47. The van der Waals surface area contributed by atoms with Gasteiger partial charge in [-0.2, -0.15) is 0 Å². The summed E-state index contributed by atoms with van der Waals surface area (Å²) in [6.45, 7) is 4.05. The van der Waals surface area contributed by atoms with Gasteiger partial charge in [0.05, 0.1) is 11.9 Å². The van der Waals surface area contributed by atoms with E-state index in [0.29, 0.717) is 11.7 Å². The molecule has 1 amide bonds. The number of carbonyl (C=O) groups excluding carboxylic acids is 1. The lowest BCUT2D eigenvalue weighted by molar-refractivity contribution is 0.102. The van der Waals surface area contributed by atoms with E-state index < -0.39 is 0 Å². The zero-order valence-electron chi connectivity index (χ0n) is 14.4. The summed E-state index contributed by atoms with van der Waals surface area (Å²) in [6, 6.07) is 10.2. The standard InChI is InChI=1S/C20H25N3O/c1-14-7-6-10-18(15(14)2)23-20(24)19-12-11-17(13-21-19)22-16-8-4-3-5-9-16/h6-7,10-13,16,22H,3-5,8-9H2,1-2H3,(H,23,24). The lowest BCUT2D eigenvalue weighted by Gasteiger charge is -2.23. The molecular weight excluding hydrogens is 298 g/mol. The van der Waals surface area contributed by atoms with E-state index in [1.165, 1.54) is 32.1 Å². The normalized spacial score (nSPS) is 15.1. The number of amides is 1. The number of pyridine rings is 1. The molecule has 0 aliphatic heterocycles. The summed E-state index contributed by atoms with van der Waals surface area (Å²) in [5, 5.41) is 6.47. The molecule has 1 aliphatic rings. The van der Waals surface area contributed by atoms with Crippen LogP contribution in [0.25, 0.3) is 0 Å². The van der Waals surface area contributed by atoms with E-state index in [1.807, 2.05) is 38.1 Å². The molecule has 0 bridgehead atoms. The number of carbonyl (C=O) groups is 1. The second-order valence-corrected chi connectivity index (χ2v) is 6.61. The summed E-state index contributed by atoms with van der Waals surface area (Å²) in [5.41, 5.74) is 4.51. The first-order valence-electron chi connectivity index (χ1n) is 8.73. The predicted octanol–water partition coefficient (Wildman–Crippen LogP) is 4.70. The van der Waals surface area contributed by atoms with E-state index in [1.54, 1.807) is 12.3 Å². The Morgan fingerprint density at radius 3 is 2.58 bits per heavy atom. The molecule has 126 valence electrons. The zero-order chi connectivity index (χ0) is 16.9.